The van der Waals surface area contributed by atoms with Gasteiger partial charge in [-0.25, -0.2) is 0 Å². The number of aryl methyl sites for hydroxylation is 1. The Bertz CT molecular complexity index is 472. The van der Waals surface area contributed by atoms with Crippen LogP contribution in [0.1, 0.15) is 12.0 Å². The molecule has 1 aromatic carbocycles. The summed E-state index contributed by atoms with van der Waals surface area (Å²) in [4.78, 5) is 22.7. The van der Waals surface area contributed by atoms with Gasteiger partial charge in [0.1, 0.15) is 6.04 Å². The highest BCUT2D eigenvalue weighted by atomic mass is 16.4. The zero-order chi connectivity index (χ0) is 14.3. The number of hydrogen-bond donors (Lipinski definition) is 3. The minimum Gasteiger partial charge on any atom is -0.480 e. The fourth-order valence-corrected chi connectivity index (χ4v) is 1.59. The summed E-state index contributed by atoms with van der Waals surface area (Å²) in [5.41, 5.74) is 1.69. The number of carboxylic acids is 1. The van der Waals surface area contributed by atoms with Crippen molar-refractivity contribution in [2.45, 2.75) is 19.4 Å². The average molecular weight is 262 g/mol. The van der Waals surface area contributed by atoms with Crippen molar-refractivity contribution in [3.63, 3.8) is 0 Å². The van der Waals surface area contributed by atoms with Crippen molar-refractivity contribution < 1.29 is 14.7 Å². The molecule has 1 aromatic rings. The molecule has 0 bridgehead atoms. The van der Waals surface area contributed by atoms with Crippen LogP contribution in [-0.4, -0.2) is 29.6 Å². The van der Waals surface area contributed by atoms with E-state index in [1.54, 1.807) is 12.1 Å². The van der Waals surface area contributed by atoms with E-state index in [0.29, 0.717) is 12.2 Å². The number of carboxylic acid groups (broad SMARTS) is 1. The van der Waals surface area contributed by atoms with E-state index in [1.807, 2.05) is 25.1 Å². The number of benzene rings is 1. The van der Waals surface area contributed by atoms with Crippen molar-refractivity contribution in [3.05, 3.63) is 42.5 Å². The van der Waals surface area contributed by atoms with Crippen LogP contribution in [0.15, 0.2) is 36.9 Å². The predicted octanol–water partition coefficient (Wildman–Crippen LogP) is 1.55. The van der Waals surface area contributed by atoms with Gasteiger partial charge in [0.25, 0.3) is 0 Å². The third-order valence-corrected chi connectivity index (χ3v) is 2.50. The van der Waals surface area contributed by atoms with E-state index in [9.17, 15) is 9.59 Å². The summed E-state index contributed by atoms with van der Waals surface area (Å²) in [6.07, 6.45) is 1.42. The fraction of sp³-hybridized carbons (Fsp3) is 0.286. The number of amides is 1. The van der Waals surface area contributed by atoms with Crippen LogP contribution in [0.4, 0.5) is 5.69 Å². The summed E-state index contributed by atoms with van der Waals surface area (Å²) in [5, 5.41) is 14.4. The lowest BCUT2D eigenvalue weighted by molar-refractivity contribution is -0.140. The molecule has 0 aliphatic heterocycles. The molecule has 0 aromatic heterocycles. The first-order valence-electron chi connectivity index (χ1n) is 5.96. The second-order valence-corrected chi connectivity index (χ2v) is 4.21. The van der Waals surface area contributed by atoms with Gasteiger partial charge >= 0.3 is 5.97 Å². The van der Waals surface area contributed by atoms with Crippen LogP contribution in [0.3, 0.4) is 0 Å². The molecule has 0 aliphatic rings. The van der Waals surface area contributed by atoms with E-state index in [2.05, 4.69) is 17.2 Å². The molecular formula is C14H18N2O3. The molecule has 0 aliphatic carbocycles. The van der Waals surface area contributed by atoms with E-state index in [0.717, 1.165) is 5.56 Å². The highest BCUT2D eigenvalue weighted by Crippen LogP contribution is 2.10. The van der Waals surface area contributed by atoms with Crippen LogP contribution in [0.25, 0.3) is 0 Å². The molecule has 5 nitrogen and oxygen atoms in total. The lowest BCUT2D eigenvalue weighted by Crippen LogP contribution is -2.39. The third-order valence-electron chi connectivity index (χ3n) is 2.50. The Morgan fingerprint density at radius 2 is 2.21 bits per heavy atom. The minimum absolute atomic E-state index is 0.128. The zero-order valence-corrected chi connectivity index (χ0v) is 10.8. The smallest absolute Gasteiger partial charge is 0.321 e. The molecule has 0 saturated carbocycles. The van der Waals surface area contributed by atoms with Crippen LogP contribution in [-0.2, 0) is 9.59 Å². The molecule has 1 rings (SSSR count). The number of carbonyl (C=O) groups is 2. The fourth-order valence-electron chi connectivity index (χ4n) is 1.59. The molecular weight excluding hydrogens is 244 g/mol. The molecule has 1 amide bonds. The summed E-state index contributed by atoms with van der Waals surface area (Å²) in [7, 11) is 0. The van der Waals surface area contributed by atoms with Gasteiger partial charge < -0.3 is 15.7 Å². The molecule has 0 fully saturated rings. The maximum atomic E-state index is 11.8. The van der Waals surface area contributed by atoms with Gasteiger partial charge in [-0.15, -0.1) is 6.58 Å². The highest BCUT2D eigenvalue weighted by Gasteiger charge is 2.20. The first kappa shape index (κ1) is 14.9. The Balaban J connectivity index is 2.57. The molecule has 0 spiro atoms. The van der Waals surface area contributed by atoms with Crippen molar-refractivity contribution in [2.24, 2.45) is 0 Å². The molecule has 102 valence electrons. The topological polar surface area (TPSA) is 78.4 Å². The SMILES string of the molecule is C=CCNC(CC(=O)Nc1cccc(C)c1)C(=O)O. The Morgan fingerprint density at radius 3 is 2.79 bits per heavy atom. The standard InChI is InChI=1S/C14H18N2O3/c1-3-7-15-12(14(18)19)9-13(17)16-11-6-4-5-10(2)8-11/h3-6,8,12,15H,1,7,9H2,2H3,(H,16,17)(H,18,19). The van der Waals surface area contributed by atoms with Gasteiger partial charge in [-0.3, -0.25) is 9.59 Å². The Morgan fingerprint density at radius 1 is 1.47 bits per heavy atom. The van der Waals surface area contributed by atoms with E-state index in [1.165, 1.54) is 0 Å². The van der Waals surface area contributed by atoms with Gasteiger partial charge in [-0.2, -0.15) is 0 Å². The van der Waals surface area contributed by atoms with E-state index < -0.39 is 12.0 Å². The number of aliphatic carboxylic acids is 1. The summed E-state index contributed by atoms with van der Waals surface area (Å²) in [6.45, 7) is 5.75. The number of carbonyl (C=O) groups excluding carboxylic acids is 1. The molecule has 1 unspecified atom stereocenters. The monoisotopic (exact) mass is 262 g/mol. The summed E-state index contributed by atoms with van der Waals surface area (Å²) in [6, 6.07) is 6.42. The number of anilines is 1. The van der Waals surface area contributed by atoms with Crippen LogP contribution in [0.5, 0.6) is 0 Å². The van der Waals surface area contributed by atoms with Crippen molar-refractivity contribution in [2.75, 3.05) is 11.9 Å². The first-order chi connectivity index (χ1) is 9.02. The van der Waals surface area contributed by atoms with Crippen molar-refractivity contribution >= 4 is 17.6 Å². The first-order valence-corrected chi connectivity index (χ1v) is 5.96. The number of nitrogens with one attached hydrogen (secondary N) is 2. The lowest BCUT2D eigenvalue weighted by atomic mass is 10.2. The van der Waals surface area contributed by atoms with E-state index in [-0.39, 0.29) is 12.3 Å². The number of rotatable bonds is 7. The van der Waals surface area contributed by atoms with Gasteiger partial charge in [0.15, 0.2) is 0 Å². The molecule has 0 heterocycles. The maximum Gasteiger partial charge on any atom is 0.321 e. The highest BCUT2D eigenvalue weighted by molar-refractivity contribution is 5.94. The molecule has 0 saturated heterocycles. The Kier molecular flexibility index (Phi) is 5.75. The third kappa shape index (κ3) is 5.35. The Labute approximate surface area is 112 Å². The molecule has 5 heteroatoms. The molecule has 0 radical (unpaired) electrons. The quantitative estimate of drug-likeness (QED) is 0.651. The van der Waals surface area contributed by atoms with Crippen LogP contribution in [0, 0.1) is 6.92 Å². The number of hydrogen-bond acceptors (Lipinski definition) is 3. The second kappa shape index (κ2) is 7.33. The molecule has 19 heavy (non-hydrogen) atoms. The summed E-state index contributed by atoms with van der Waals surface area (Å²) >= 11 is 0. The second-order valence-electron chi connectivity index (χ2n) is 4.21. The van der Waals surface area contributed by atoms with Gasteiger partial charge in [0.2, 0.25) is 5.91 Å². The van der Waals surface area contributed by atoms with Crippen LogP contribution >= 0.6 is 0 Å². The normalized spacial score (nSPS) is 11.6. The minimum atomic E-state index is -1.05. The largest absolute Gasteiger partial charge is 0.480 e. The molecule has 1 atom stereocenters. The van der Waals surface area contributed by atoms with Crippen molar-refractivity contribution in [1.82, 2.24) is 5.32 Å². The zero-order valence-electron chi connectivity index (χ0n) is 10.8. The van der Waals surface area contributed by atoms with Gasteiger partial charge in [0, 0.05) is 12.2 Å². The Hall–Kier alpha value is -2.14. The predicted molar refractivity (Wildman–Crippen MR) is 74.0 cm³/mol. The van der Waals surface area contributed by atoms with Gasteiger partial charge in [0.05, 0.1) is 6.42 Å². The van der Waals surface area contributed by atoms with Gasteiger partial charge in [-0.1, -0.05) is 18.2 Å². The van der Waals surface area contributed by atoms with Crippen molar-refractivity contribution in [1.29, 1.82) is 0 Å². The van der Waals surface area contributed by atoms with Crippen LogP contribution in [0.2, 0.25) is 0 Å². The summed E-state index contributed by atoms with van der Waals surface area (Å²) < 4.78 is 0. The average Bonchev–Trinajstić information content (AvgIpc) is 2.34. The maximum absolute atomic E-state index is 11.8. The van der Waals surface area contributed by atoms with E-state index in [4.69, 9.17) is 5.11 Å². The molecule has 3 N–H and O–H groups in total. The van der Waals surface area contributed by atoms with E-state index >= 15 is 0 Å². The van der Waals surface area contributed by atoms with Gasteiger partial charge in [-0.05, 0) is 24.6 Å². The summed E-state index contributed by atoms with van der Waals surface area (Å²) in [5.74, 6) is -1.39. The lowest BCUT2D eigenvalue weighted by Gasteiger charge is -2.13. The van der Waals surface area contributed by atoms with Crippen molar-refractivity contribution in [3.8, 4) is 0 Å². The van der Waals surface area contributed by atoms with Crippen LogP contribution < -0.4 is 10.6 Å².